The second-order valence-electron chi connectivity index (χ2n) is 1.67. The summed E-state index contributed by atoms with van der Waals surface area (Å²) in [6, 6.07) is 7.13. The minimum atomic E-state index is 0.630. The van der Waals surface area contributed by atoms with E-state index < -0.39 is 0 Å². The van der Waals surface area contributed by atoms with Crippen molar-refractivity contribution in [2.24, 2.45) is 10.4 Å². The smallest absolute Gasteiger partial charge is 0.0890 e. The highest BCUT2D eigenvalue weighted by molar-refractivity contribution is 9.10. The third kappa shape index (κ3) is 1.80. The summed E-state index contributed by atoms with van der Waals surface area (Å²) < 4.78 is 0.976. The van der Waals surface area contributed by atoms with Crippen LogP contribution in [0.3, 0.4) is 0 Å². The molecule has 1 rings (SSSR count). The van der Waals surface area contributed by atoms with E-state index in [-0.39, 0.29) is 0 Å². The molecule has 0 bridgehead atoms. The van der Waals surface area contributed by atoms with Gasteiger partial charge in [-0.3, -0.25) is 0 Å². The minimum absolute atomic E-state index is 0.630. The van der Waals surface area contributed by atoms with Crippen molar-refractivity contribution in [1.82, 2.24) is 0 Å². The molecule has 4 heteroatoms. The summed E-state index contributed by atoms with van der Waals surface area (Å²) in [6.45, 7) is 0. The lowest BCUT2D eigenvalue weighted by Gasteiger charge is -1.88. The largest absolute Gasteiger partial charge is 0.394 e. The van der Waals surface area contributed by atoms with Crippen molar-refractivity contribution in [3.63, 3.8) is 0 Å². The van der Waals surface area contributed by atoms with Gasteiger partial charge in [0.15, 0.2) is 0 Å². The van der Waals surface area contributed by atoms with Crippen molar-refractivity contribution in [2.75, 3.05) is 0 Å². The van der Waals surface area contributed by atoms with Gasteiger partial charge in [-0.2, -0.15) is 0 Å². The number of halogens is 1. The van der Waals surface area contributed by atoms with Crippen molar-refractivity contribution in [3.05, 3.63) is 28.7 Å². The molecular formula is C6H5BrN2O. The van der Waals surface area contributed by atoms with Gasteiger partial charge in [0.05, 0.1) is 5.69 Å². The van der Waals surface area contributed by atoms with Crippen LogP contribution in [0.2, 0.25) is 0 Å². The van der Waals surface area contributed by atoms with Crippen LogP contribution in [0.4, 0.5) is 5.69 Å². The molecule has 10 heavy (non-hydrogen) atoms. The van der Waals surface area contributed by atoms with Gasteiger partial charge in [-0.25, -0.2) is 0 Å². The lowest BCUT2D eigenvalue weighted by molar-refractivity contribution is 0.289. The van der Waals surface area contributed by atoms with Crippen LogP contribution in [0.5, 0.6) is 0 Å². The lowest BCUT2D eigenvalue weighted by atomic mass is 10.3. The van der Waals surface area contributed by atoms with Gasteiger partial charge >= 0.3 is 0 Å². The Morgan fingerprint density at radius 3 is 2.30 bits per heavy atom. The van der Waals surface area contributed by atoms with Crippen molar-refractivity contribution in [3.8, 4) is 0 Å². The number of nitrogens with zero attached hydrogens (tertiary/aromatic N) is 2. The van der Waals surface area contributed by atoms with Gasteiger partial charge in [-0.05, 0) is 24.3 Å². The monoisotopic (exact) mass is 200 g/mol. The molecule has 0 saturated carbocycles. The normalized spacial score (nSPS) is 10.5. The van der Waals surface area contributed by atoms with E-state index in [1.807, 2.05) is 12.1 Å². The van der Waals surface area contributed by atoms with E-state index in [9.17, 15) is 0 Å². The van der Waals surface area contributed by atoms with Gasteiger partial charge in [-0.15, -0.1) is 5.11 Å². The predicted molar refractivity (Wildman–Crippen MR) is 40.4 cm³/mol. The SMILES string of the molecule is ON=Nc1ccc(Br)cc1. The quantitative estimate of drug-likeness (QED) is 0.550. The fraction of sp³-hybridized carbons (Fsp3) is 0. The molecule has 1 aromatic rings. The highest BCUT2D eigenvalue weighted by Crippen LogP contribution is 2.16. The highest BCUT2D eigenvalue weighted by Gasteiger charge is 1.87. The topological polar surface area (TPSA) is 45.0 Å². The van der Waals surface area contributed by atoms with Gasteiger partial charge < -0.3 is 5.21 Å². The van der Waals surface area contributed by atoms with E-state index in [0.717, 1.165) is 4.47 Å². The van der Waals surface area contributed by atoms with E-state index in [1.54, 1.807) is 12.1 Å². The molecule has 1 N–H and O–H groups in total. The zero-order valence-corrected chi connectivity index (χ0v) is 6.62. The Balaban J connectivity index is 2.89. The number of rotatable bonds is 1. The van der Waals surface area contributed by atoms with Gasteiger partial charge in [0.2, 0.25) is 0 Å². The summed E-state index contributed by atoms with van der Waals surface area (Å²) in [5.41, 5.74) is 0.630. The van der Waals surface area contributed by atoms with Gasteiger partial charge in [0.1, 0.15) is 0 Å². The zero-order valence-electron chi connectivity index (χ0n) is 5.03. The van der Waals surface area contributed by atoms with Gasteiger partial charge in [-0.1, -0.05) is 15.9 Å². The average Bonchev–Trinajstić information content (AvgIpc) is 1.95. The van der Waals surface area contributed by atoms with Crippen LogP contribution in [0.15, 0.2) is 39.1 Å². The molecular weight excluding hydrogens is 196 g/mol. The first-order valence-electron chi connectivity index (χ1n) is 2.63. The maximum atomic E-state index is 8.04. The maximum absolute atomic E-state index is 8.04. The molecule has 1 aromatic carbocycles. The summed E-state index contributed by atoms with van der Waals surface area (Å²) in [7, 11) is 0. The predicted octanol–water partition coefficient (Wildman–Crippen LogP) is 2.92. The van der Waals surface area contributed by atoms with Crippen LogP contribution >= 0.6 is 15.9 Å². The Kier molecular flexibility index (Phi) is 2.39. The number of hydrogen-bond donors (Lipinski definition) is 1. The van der Waals surface area contributed by atoms with E-state index in [4.69, 9.17) is 5.21 Å². The first kappa shape index (κ1) is 7.21. The summed E-state index contributed by atoms with van der Waals surface area (Å²) in [5, 5.41) is 14.1. The molecule has 0 spiro atoms. The molecule has 52 valence electrons. The standard InChI is InChI=1S/C6H5BrN2O/c7-5-1-3-6(4-2-5)8-9-10/h1-4H,(H,8,10). The molecule has 0 heterocycles. The van der Waals surface area contributed by atoms with Crippen molar-refractivity contribution < 1.29 is 5.21 Å². The Labute approximate surface area is 66.5 Å². The summed E-state index contributed by atoms with van der Waals surface area (Å²) in [4.78, 5) is 0. The van der Waals surface area contributed by atoms with E-state index in [1.165, 1.54) is 0 Å². The Morgan fingerprint density at radius 2 is 1.80 bits per heavy atom. The fourth-order valence-corrected chi connectivity index (χ4v) is 0.824. The van der Waals surface area contributed by atoms with Crippen LogP contribution in [0.25, 0.3) is 0 Å². The van der Waals surface area contributed by atoms with Gasteiger partial charge in [0.25, 0.3) is 0 Å². The summed E-state index contributed by atoms with van der Waals surface area (Å²) >= 11 is 3.26. The molecule has 0 amide bonds. The van der Waals surface area contributed by atoms with Crippen molar-refractivity contribution in [1.29, 1.82) is 0 Å². The molecule has 0 aliphatic rings. The van der Waals surface area contributed by atoms with Crippen LogP contribution in [0, 0.1) is 0 Å². The molecule has 0 radical (unpaired) electrons. The molecule has 0 aliphatic carbocycles. The van der Waals surface area contributed by atoms with Crippen molar-refractivity contribution >= 4 is 21.6 Å². The fourth-order valence-electron chi connectivity index (χ4n) is 0.559. The average molecular weight is 201 g/mol. The third-order valence-corrected chi connectivity index (χ3v) is 1.52. The van der Waals surface area contributed by atoms with Crippen LogP contribution in [-0.4, -0.2) is 5.21 Å². The molecule has 0 unspecified atom stereocenters. The molecule has 0 aromatic heterocycles. The van der Waals surface area contributed by atoms with Crippen LogP contribution in [-0.2, 0) is 0 Å². The Bertz CT molecular complexity index is 232. The Morgan fingerprint density at radius 1 is 1.20 bits per heavy atom. The van der Waals surface area contributed by atoms with Gasteiger partial charge in [0, 0.05) is 9.75 Å². The lowest BCUT2D eigenvalue weighted by Crippen LogP contribution is -1.62. The highest BCUT2D eigenvalue weighted by atomic mass is 79.9. The zero-order chi connectivity index (χ0) is 7.40. The maximum Gasteiger partial charge on any atom is 0.0890 e. The van der Waals surface area contributed by atoms with E-state index >= 15 is 0 Å². The summed E-state index contributed by atoms with van der Waals surface area (Å²) in [5.74, 6) is 0. The molecule has 0 saturated heterocycles. The molecule has 3 nitrogen and oxygen atoms in total. The van der Waals surface area contributed by atoms with Crippen LogP contribution < -0.4 is 0 Å². The summed E-state index contributed by atoms with van der Waals surface area (Å²) in [6.07, 6.45) is 0. The van der Waals surface area contributed by atoms with Crippen molar-refractivity contribution in [2.45, 2.75) is 0 Å². The first-order valence-corrected chi connectivity index (χ1v) is 3.43. The number of hydrogen-bond acceptors (Lipinski definition) is 2. The minimum Gasteiger partial charge on any atom is -0.394 e. The first-order chi connectivity index (χ1) is 4.83. The Hall–Kier alpha value is -0.900. The third-order valence-electron chi connectivity index (χ3n) is 0.987. The van der Waals surface area contributed by atoms with E-state index in [2.05, 4.69) is 26.3 Å². The van der Waals surface area contributed by atoms with Crippen LogP contribution in [0.1, 0.15) is 0 Å². The number of benzene rings is 1. The molecule has 0 atom stereocenters. The second-order valence-corrected chi connectivity index (χ2v) is 2.58. The molecule has 0 aliphatic heterocycles. The van der Waals surface area contributed by atoms with E-state index in [0.29, 0.717) is 5.69 Å². The molecule has 0 fully saturated rings. The second kappa shape index (κ2) is 3.31.